The lowest BCUT2D eigenvalue weighted by atomic mass is 10.1. The number of hydrogen-bond acceptors (Lipinski definition) is 2. The summed E-state index contributed by atoms with van der Waals surface area (Å²) in [6, 6.07) is 13.2. The fourth-order valence-electron chi connectivity index (χ4n) is 2.19. The van der Waals surface area contributed by atoms with Crippen molar-refractivity contribution in [2.45, 2.75) is 0 Å². The fraction of sp³-hybridized carbons (Fsp3) is 0.0625. The maximum Gasteiger partial charge on any atom is 0.272 e. The van der Waals surface area contributed by atoms with Gasteiger partial charge in [0.2, 0.25) is 0 Å². The molecule has 0 saturated heterocycles. The Labute approximate surface area is 142 Å². The molecule has 0 aliphatic rings. The van der Waals surface area contributed by atoms with E-state index in [9.17, 15) is 4.79 Å². The highest BCUT2D eigenvalue weighted by molar-refractivity contribution is 7.13. The van der Waals surface area contributed by atoms with Gasteiger partial charge in [-0.2, -0.15) is 0 Å². The molecular weight excluding hydrogens is 339 g/mol. The van der Waals surface area contributed by atoms with E-state index in [1.54, 1.807) is 29.0 Å². The van der Waals surface area contributed by atoms with Gasteiger partial charge in [-0.25, -0.2) is 0 Å². The zero-order valence-corrected chi connectivity index (χ0v) is 14.0. The van der Waals surface area contributed by atoms with Crippen LogP contribution in [0.1, 0.15) is 10.5 Å². The van der Waals surface area contributed by atoms with Gasteiger partial charge in [-0.05, 0) is 23.6 Å². The molecule has 0 saturated carbocycles. The van der Waals surface area contributed by atoms with Crippen molar-refractivity contribution in [3.05, 3.63) is 63.7 Å². The third kappa shape index (κ3) is 2.77. The molecule has 112 valence electrons. The van der Waals surface area contributed by atoms with Gasteiger partial charge in [0.05, 0.1) is 5.02 Å². The Morgan fingerprint density at radius 2 is 1.95 bits per heavy atom. The largest absolute Gasteiger partial charge is 0.329 e. The summed E-state index contributed by atoms with van der Waals surface area (Å²) in [5, 5.41) is 5.64. The second-order valence-corrected chi connectivity index (χ2v) is 6.42. The number of aromatic nitrogens is 1. The van der Waals surface area contributed by atoms with Crippen molar-refractivity contribution in [2.24, 2.45) is 7.05 Å². The van der Waals surface area contributed by atoms with Crippen LogP contribution in [-0.2, 0) is 7.05 Å². The minimum absolute atomic E-state index is 0.250. The molecule has 3 aromatic rings. The first kappa shape index (κ1) is 15.2. The lowest BCUT2D eigenvalue weighted by molar-refractivity contribution is 0.101. The average molecular weight is 351 g/mol. The van der Waals surface area contributed by atoms with Crippen LogP contribution in [0.5, 0.6) is 0 Å². The number of para-hydroxylation sites is 1. The lowest BCUT2D eigenvalue weighted by Gasteiger charge is -2.10. The van der Waals surface area contributed by atoms with Gasteiger partial charge in [-0.15, -0.1) is 11.3 Å². The first-order valence-corrected chi connectivity index (χ1v) is 8.16. The number of thiophene rings is 1. The molecule has 0 radical (unpaired) electrons. The van der Waals surface area contributed by atoms with Crippen LogP contribution in [0.2, 0.25) is 10.2 Å². The van der Waals surface area contributed by atoms with E-state index in [-0.39, 0.29) is 5.91 Å². The second kappa shape index (κ2) is 6.16. The number of rotatable bonds is 3. The van der Waals surface area contributed by atoms with E-state index in [1.165, 1.54) is 0 Å². The monoisotopic (exact) mass is 350 g/mol. The molecule has 1 aromatic carbocycles. The normalized spacial score (nSPS) is 10.7. The average Bonchev–Trinajstić information content (AvgIpc) is 3.13. The van der Waals surface area contributed by atoms with Crippen LogP contribution in [0.3, 0.4) is 0 Å². The van der Waals surface area contributed by atoms with Crippen molar-refractivity contribution in [1.29, 1.82) is 0 Å². The number of carbonyl (C=O) groups is 1. The van der Waals surface area contributed by atoms with Gasteiger partial charge in [0, 0.05) is 23.2 Å². The summed E-state index contributed by atoms with van der Waals surface area (Å²) in [4.78, 5) is 13.6. The molecule has 3 nitrogen and oxygen atoms in total. The number of amides is 1. The Bertz CT molecular complexity index is 825. The smallest absolute Gasteiger partial charge is 0.272 e. The summed E-state index contributed by atoms with van der Waals surface area (Å²) >= 11 is 13.6. The molecule has 6 heteroatoms. The van der Waals surface area contributed by atoms with Crippen LogP contribution in [0.4, 0.5) is 5.69 Å². The van der Waals surface area contributed by atoms with Crippen LogP contribution >= 0.6 is 34.5 Å². The van der Waals surface area contributed by atoms with Crippen LogP contribution in [0.15, 0.2) is 47.8 Å². The van der Waals surface area contributed by atoms with Crippen molar-refractivity contribution < 1.29 is 4.79 Å². The molecule has 0 bridgehead atoms. The first-order chi connectivity index (χ1) is 10.6. The van der Waals surface area contributed by atoms with Gasteiger partial charge >= 0.3 is 0 Å². The summed E-state index contributed by atoms with van der Waals surface area (Å²) in [5.74, 6) is -0.250. The Morgan fingerprint density at radius 3 is 2.59 bits per heavy atom. The molecule has 0 spiro atoms. The predicted molar refractivity (Wildman–Crippen MR) is 93.1 cm³/mol. The highest BCUT2D eigenvalue weighted by Gasteiger charge is 2.17. The minimum atomic E-state index is -0.250. The van der Waals surface area contributed by atoms with E-state index in [0.29, 0.717) is 15.9 Å². The standard InChI is InChI=1S/C16H12Cl2N2OS/c1-20-13(9-11(17)15(20)18)16(21)19-12-6-3-2-5-10(12)14-7-4-8-22-14/h2-9H,1H3,(H,19,21). The SMILES string of the molecule is Cn1c(C(=O)Nc2ccccc2-c2cccs2)cc(Cl)c1Cl. The highest BCUT2D eigenvalue weighted by Crippen LogP contribution is 2.32. The molecule has 1 N–H and O–H groups in total. The van der Waals surface area contributed by atoms with E-state index >= 15 is 0 Å². The number of carbonyl (C=O) groups excluding carboxylic acids is 1. The Kier molecular flexibility index (Phi) is 4.25. The van der Waals surface area contributed by atoms with Gasteiger partial charge in [0.15, 0.2) is 0 Å². The summed E-state index contributed by atoms with van der Waals surface area (Å²) in [6.45, 7) is 0. The molecule has 22 heavy (non-hydrogen) atoms. The summed E-state index contributed by atoms with van der Waals surface area (Å²) < 4.78 is 1.56. The Hall–Kier alpha value is -1.75. The van der Waals surface area contributed by atoms with Crippen LogP contribution in [0, 0.1) is 0 Å². The number of anilines is 1. The minimum Gasteiger partial charge on any atom is -0.329 e. The maximum atomic E-state index is 12.5. The molecular formula is C16H12Cl2N2OS. The summed E-state index contributed by atoms with van der Waals surface area (Å²) in [6.07, 6.45) is 0. The van der Waals surface area contributed by atoms with Crippen molar-refractivity contribution in [2.75, 3.05) is 5.32 Å². The van der Waals surface area contributed by atoms with Crippen molar-refractivity contribution in [3.63, 3.8) is 0 Å². The molecule has 2 heterocycles. The van der Waals surface area contributed by atoms with Gasteiger partial charge in [-0.1, -0.05) is 47.5 Å². The van der Waals surface area contributed by atoms with E-state index in [0.717, 1.165) is 16.1 Å². The van der Waals surface area contributed by atoms with E-state index in [4.69, 9.17) is 23.2 Å². The maximum absolute atomic E-state index is 12.5. The van der Waals surface area contributed by atoms with Gasteiger partial charge < -0.3 is 9.88 Å². The number of nitrogens with one attached hydrogen (secondary N) is 1. The highest BCUT2D eigenvalue weighted by atomic mass is 35.5. The third-order valence-electron chi connectivity index (χ3n) is 3.31. The molecule has 0 atom stereocenters. The zero-order chi connectivity index (χ0) is 15.7. The fourth-order valence-corrected chi connectivity index (χ4v) is 3.33. The van der Waals surface area contributed by atoms with Gasteiger partial charge in [0.1, 0.15) is 10.8 Å². The lowest BCUT2D eigenvalue weighted by Crippen LogP contribution is -2.16. The molecule has 1 amide bonds. The molecule has 0 fully saturated rings. The van der Waals surface area contributed by atoms with E-state index in [1.807, 2.05) is 41.8 Å². The van der Waals surface area contributed by atoms with Gasteiger partial charge in [0.25, 0.3) is 5.91 Å². The van der Waals surface area contributed by atoms with Crippen LogP contribution in [-0.4, -0.2) is 10.5 Å². The predicted octanol–water partition coefficient (Wildman–Crippen LogP) is 5.31. The molecule has 0 unspecified atom stereocenters. The molecule has 3 rings (SSSR count). The molecule has 0 aliphatic carbocycles. The van der Waals surface area contributed by atoms with Gasteiger partial charge in [-0.3, -0.25) is 4.79 Å². The van der Waals surface area contributed by atoms with E-state index in [2.05, 4.69) is 5.32 Å². The van der Waals surface area contributed by atoms with Crippen molar-refractivity contribution in [1.82, 2.24) is 4.57 Å². The van der Waals surface area contributed by atoms with Crippen LogP contribution < -0.4 is 5.32 Å². The second-order valence-electron chi connectivity index (χ2n) is 4.70. The number of halogens is 2. The zero-order valence-electron chi connectivity index (χ0n) is 11.6. The molecule has 0 aliphatic heterocycles. The number of benzene rings is 1. The number of nitrogens with zero attached hydrogens (tertiary/aromatic N) is 1. The Morgan fingerprint density at radius 1 is 1.18 bits per heavy atom. The third-order valence-corrected chi connectivity index (χ3v) is 5.06. The summed E-state index contributed by atoms with van der Waals surface area (Å²) in [5.41, 5.74) is 2.15. The number of hydrogen-bond donors (Lipinski definition) is 1. The topological polar surface area (TPSA) is 34.0 Å². The van der Waals surface area contributed by atoms with Crippen molar-refractivity contribution in [3.8, 4) is 10.4 Å². The molecule has 2 aromatic heterocycles. The van der Waals surface area contributed by atoms with Crippen LogP contribution in [0.25, 0.3) is 10.4 Å². The first-order valence-electron chi connectivity index (χ1n) is 6.53. The Balaban J connectivity index is 1.94. The summed E-state index contributed by atoms with van der Waals surface area (Å²) in [7, 11) is 1.70. The van der Waals surface area contributed by atoms with Crippen molar-refractivity contribution >= 4 is 46.1 Å². The quantitative estimate of drug-likeness (QED) is 0.681. The van der Waals surface area contributed by atoms with E-state index < -0.39 is 0 Å².